The van der Waals surface area contributed by atoms with Gasteiger partial charge in [-0.3, -0.25) is 9.48 Å². The second-order valence-electron chi connectivity index (χ2n) is 5.21. The van der Waals surface area contributed by atoms with E-state index in [9.17, 15) is 9.90 Å². The van der Waals surface area contributed by atoms with E-state index in [2.05, 4.69) is 10.4 Å². The molecule has 100 valence electrons. The van der Waals surface area contributed by atoms with Crippen LogP contribution in [0, 0.1) is 19.8 Å². The van der Waals surface area contributed by atoms with E-state index in [0.717, 1.165) is 30.7 Å². The second kappa shape index (κ2) is 5.10. The first kappa shape index (κ1) is 13.1. The lowest BCUT2D eigenvalue weighted by atomic mass is 10.1. The largest absolute Gasteiger partial charge is 0.393 e. The van der Waals surface area contributed by atoms with Gasteiger partial charge >= 0.3 is 0 Å². The maximum Gasteiger partial charge on any atom is 0.255 e. The van der Waals surface area contributed by atoms with Gasteiger partial charge in [-0.25, -0.2) is 0 Å². The van der Waals surface area contributed by atoms with Gasteiger partial charge in [0, 0.05) is 19.3 Å². The van der Waals surface area contributed by atoms with Gasteiger partial charge in [-0.2, -0.15) is 5.10 Å². The van der Waals surface area contributed by atoms with Crippen LogP contribution < -0.4 is 5.32 Å². The molecule has 1 aliphatic rings. The van der Waals surface area contributed by atoms with E-state index in [1.807, 2.05) is 20.9 Å². The summed E-state index contributed by atoms with van der Waals surface area (Å²) in [5, 5.41) is 16.6. The number of hydrogen-bond acceptors (Lipinski definition) is 3. The maximum absolute atomic E-state index is 12.1. The number of amides is 1. The molecule has 1 aromatic rings. The van der Waals surface area contributed by atoms with Crippen molar-refractivity contribution in [1.29, 1.82) is 0 Å². The van der Waals surface area contributed by atoms with Gasteiger partial charge in [0.2, 0.25) is 0 Å². The summed E-state index contributed by atoms with van der Waals surface area (Å²) in [6.07, 6.45) is 2.46. The smallest absolute Gasteiger partial charge is 0.255 e. The molecule has 1 aromatic heterocycles. The predicted molar refractivity (Wildman–Crippen MR) is 68.4 cm³/mol. The van der Waals surface area contributed by atoms with Crippen molar-refractivity contribution in [1.82, 2.24) is 15.1 Å². The highest BCUT2D eigenvalue weighted by Gasteiger charge is 2.24. The van der Waals surface area contributed by atoms with E-state index < -0.39 is 0 Å². The monoisotopic (exact) mass is 251 g/mol. The van der Waals surface area contributed by atoms with Crippen LogP contribution >= 0.6 is 0 Å². The minimum atomic E-state index is -0.186. The van der Waals surface area contributed by atoms with E-state index in [4.69, 9.17) is 0 Å². The Morgan fingerprint density at radius 3 is 2.72 bits per heavy atom. The Labute approximate surface area is 107 Å². The molecule has 2 atom stereocenters. The number of aliphatic hydroxyl groups is 1. The van der Waals surface area contributed by atoms with Gasteiger partial charge < -0.3 is 10.4 Å². The third-order valence-electron chi connectivity index (χ3n) is 3.80. The molecular formula is C13H21N3O2. The third kappa shape index (κ3) is 2.56. The standard InChI is InChI=1S/C13H21N3O2/c1-8-12(9(2)16(3)15-8)13(18)14-7-10-4-5-11(17)6-10/h10-11,17H,4-7H2,1-3H3,(H,14,18). The van der Waals surface area contributed by atoms with Crippen molar-refractivity contribution in [2.24, 2.45) is 13.0 Å². The summed E-state index contributed by atoms with van der Waals surface area (Å²) in [5.74, 6) is 0.348. The Balaban J connectivity index is 1.95. The van der Waals surface area contributed by atoms with Gasteiger partial charge in [-0.05, 0) is 39.0 Å². The van der Waals surface area contributed by atoms with Crippen molar-refractivity contribution in [3.05, 3.63) is 17.0 Å². The van der Waals surface area contributed by atoms with Crippen LogP contribution in [0.1, 0.15) is 41.0 Å². The van der Waals surface area contributed by atoms with Crippen molar-refractivity contribution < 1.29 is 9.90 Å². The lowest BCUT2D eigenvalue weighted by Crippen LogP contribution is -2.29. The number of aryl methyl sites for hydroxylation is 2. The molecule has 1 heterocycles. The zero-order valence-corrected chi connectivity index (χ0v) is 11.2. The van der Waals surface area contributed by atoms with Gasteiger partial charge in [-0.1, -0.05) is 0 Å². The number of nitrogens with one attached hydrogen (secondary N) is 1. The molecule has 18 heavy (non-hydrogen) atoms. The molecule has 2 N–H and O–H groups in total. The van der Waals surface area contributed by atoms with Crippen LogP contribution in [-0.2, 0) is 7.05 Å². The number of carbonyl (C=O) groups is 1. The summed E-state index contributed by atoms with van der Waals surface area (Å²) in [6.45, 7) is 4.39. The highest BCUT2D eigenvalue weighted by atomic mass is 16.3. The van der Waals surface area contributed by atoms with Gasteiger partial charge in [0.1, 0.15) is 0 Å². The number of rotatable bonds is 3. The highest BCUT2D eigenvalue weighted by molar-refractivity contribution is 5.96. The fraction of sp³-hybridized carbons (Fsp3) is 0.692. The Kier molecular flexibility index (Phi) is 3.71. The van der Waals surface area contributed by atoms with Crippen LogP contribution in [0.2, 0.25) is 0 Å². The molecule has 0 bridgehead atoms. The molecular weight excluding hydrogens is 230 g/mol. The average molecular weight is 251 g/mol. The van der Waals surface area contributed by atoms with E-state index in [1.165, 1.54) is 0 Å². The first-order valence-corrected chi connectivity index (χ1v) is 6.45. The first-order chi connectivity index (χ1) is 8.49. The van der Waals surface area contributed by atoms with E-state index in [1.54, 1.807) is 4.68 Å². The first-order valence-electron chi connectivity index (χ1n) is 6.45. The number of aromatic nitrogens is 2. The number of carbonyl (C=O) groups excluding carboxylic acids is 1. The molecule has 0 aliphatic heterocycles. The Morgan fingerprint density at radius 2 is 2.22 bits per heavy atom. The minimum Gasteiger partial charge on any atom is -0.393 e. The van der Waals surface area contributed by atoms with Crippen LogP contribution in [0.3, 0.4) is 0 Å². The van der Waals surface area contributed by atoms with Crippen molar-refractivity contribution in [2.45, 2.75) is 39.2 Å². The minimum absolute atomic E-state index is 0.0560. The zero-order chi connectivity index (χ0) is 13.3. The summed E-state index contributed by atoms with van der Waals surface area (Å²) in [7, 11) is 1.84. The second-order valence-corrected chi connectivity index (χ2v) is 5.21. The zero-order valence-electron chi connectivity index (χ0n) is 11.2. The Morgan fingerprint density at radius 1 is 1.50 bits per heavy atom. The molecule has 5 heteroatoms. The molecule has 0 radical (unpaired) electrons. The molecule has 5 nitrogen and oxygen atoms in total. The average Bonchev–Trinajstić information content (AvgIpc) is 2.82. The molecule has 1 amide bonds. The van der Waals surface area contributed by atoms with Crippen molar-refractivity contribution in [2.75, 3.05) is 6.54 Å². The highest BCUT2D eigenvalue weighted by Crippen LogP contribution is 2.24. The van der Waals surface area contributed by atoms with Crippen molar-refractivity contribution in [3.63, 3.8) is 0 Å². The molecule has 0 aromatic carbocycles. The van der Waals surface area contributed by atoms with E-state index in [0.29, 0.717) is 18.0 Å². The molecule has 1 aliphatic carbocycles. The normalized spacial score (nSPS) is 23.3. The fourth-order valence-electron chi connectivity index (χ4n) is 2.66. The van der Waals surface area contributed by atoms with Crippen LogP contribution in [0.15, 0.2) is 0 Å². The van der Waals surface area contributed by atoms with Gasteiger partial charge in [0.15, 0.2) is 0 Å². The molecule has 1 saturated carbocycles. The van der Waals surface area contributed by atoms with Gasteiger partial charge in [-0.15, -0.1) is 0 Å². The number of nitrogens with zero attached hydrogens (tertiary/aromatic N) is 2. The van der Waals surface area contributed by atoms with Crippen molar-refractivity contribution in [3.8, 4) is 0 Å². The topological polar surface area (TPSA) is 67.2 Å². The van der Waals surface area contributed by atoms with Crippen LogP contribution in [0.25, 0.3) is 0 Å². The lowest BCUT2D eigenvalue weighted by Gasteiger charge is -2.11. The Hall–Kier alpha value is -1.36. The van der Waals surface area contributed by atoms with Crippen molar-refractivity contribution >= 4 is 5.91 Å². The van der Waals surface area contributed by atoms with E-state index in [-0.39, 0.29) is 12.0 Å². The molecule has 0 saturated heterocycles. The number of hydrogen-bond donors (Lipinski definition) is 2. The lowest BCUT2D eigenvalue weighted by molar-refractivity contribution is 0.0943. The predicted octanol–water partition coefficient (Wildman–Crippen LogP) is 0.928. The molecule has 2 rings (SSSR count). The maximum atomic E-state index is 12.1. The third-order valence-corrected chi connectivity index (χ3v) is 3.80. The summed E-state index contributed by atoms with van der Waals surface area (Å²) in [6, 6.07) is 0. The molecule has 1 fully saturated rings. The number of aliphatic hydroxyl groups excluding tert-OH is 1. The fourth-order valence-corrected chi connectivity index (χ4v) is 2.66. The van der Waals surface area contributed by atoms with Crippen LogP contribution in [-0.4, -0.2) is 33.4 Å². The van der Waals surface area contributed by atoms with Crippen LogP contribution in [0.4, 0.5) is 0 Å². The summed E-state index contributed by atoms with van der Waals surface area (Å²) < 4.78 is 1.73. The quantitative estimate of drug-likeness (QED) is 0.839. The van der Waals surface area contributed by atoms with Gasteiger partial charge in [0.25, 0.3) is 5.91 Å². The summed E-state index contributed by atoms with van der Waals surface area (Å²) >= 11 is 0. The summed E-state index contributed by atoms with van der Waals surface area (Å²) in [5.41, 5.74) is 2.33. The molecule has 2 unspecified atom stereocenters. The molecule has 0 spiro atoms. The van der Waals surface area contributed by atoms with Gasteiger partial charge in [0.05, 0.1) is 17.4 Å². The summed E-state index contributed by atoms with van der Waals surface area (Å²) in [4.78, 5) is 12.1. The van der Waals surface area contributed by atoms with Crippen LogP contribution in [0.5, 0.6) is 0 Å². The SMILES string of the molecule is Cc1nn(C)c(C)c1C(=O)NCC1CCC(O)C1. The van der Waals surface area contributed by atoms with E-state index >= 15 is 0 Å². The Bertz CT molecular complexity index is 453.